The molecule has 8 heteroatoms. The number of nitrogens with zero attached hydrogens (tertiary/aromatic N) is 3. The Morgan fingerprint density at radius 3 is 2.39 bits per heavy atom. The van der Waals surface area contributed by atoms with Crippen molar-refractivity contribution in [3.63, 3.8) is 0 Å². The van der Waals surface area contributed by atoms with Crippen LogP contribution in [0.1, 0.15) is 26.2 Å². The first-order chi connectivity index (χ1) is 16.1. The zero-order valence-electron chi connectivity index (χ0n) is 18.6. The molecule has 0 aliphatic carbocycles. The molecule has 0 unspecified atom stereocenters. The lowest BCUT2D eigenvalue weighted by atomic mass is 10.1. The summed E-state index contributed by atoms with van der Waals surface area (Å²) >= 11 is 0. The molecule has 1 aliphatic heterocycles. The van der Waals surface area contributed by atoms with Gasteiger partial charge in [0.25, 0.3) is 5.91 Å². The van der Waals surface area contributed by atoms with Gasteiger partial charge in [-0.05, 0) is 67.8 Å². The third-order valence-electron chi connectivity index (χ3n) is 5.32. The third kappa shape index (κ3) is 6.29. The van der Waals surface area contributed by atoms with E-state index in [4.69, 9.17) is 4.74 Å². The molecule has 0 spiro atoms. The topological polar surface area (TPSA) is 96.4 Å². The Morgan fingerprint density at radius 1 is 0.909 bits per heavy atom. The number of hydrogen-bond donors (Lipinski definition) is 2. The van der Waals surface area contributed by atoms with Crippen LogP contribution in [-0.2, 0) is 9.59 Å². The second kappa shape index (κ2) is 10.6. The van der Waals surface area contributed by atoms with Gasteiger partial charge in [0.05, 0.1) is 5.69 Å². The fourth-order valence-electron chi connectivity index (χ4n) is 3.71. The van der Waals surface area contributed by atoms with Crippen LogP contribution in [0.15, 0.2) is 60.7 Å². The fraction of sp³-hybridized carbons (Fsp3) is 0.280. The van der Waals surface area contributed by atoms with Crippen LogP contribution in [0.25, 0.3) is 11.3 Å². The number of piperidine rings is 1. The second-order valence-electron chi connectivity index (χ2n) is 7.95. The van der Waals surface area contributed by atoms with E-state index in [1.54, 1.807) is 24.3 Å². The number of amides is 2. The number of carbonyl (C=O) groups is 2. The number of hydrogen-bond acceptors (Lipinski definition) is 6. The molecular formula is C25H27N5O3. The number of nitrogens with one attached hydrogen (secondary N) is 2. The van der Waals surface area contributed by atoms with Crippen molar-refractivity contribution in [2.45, 2.75) is 26.2 Å². The van der Waals surface area contributed by atoms with E-state index in [0.717, 1.165) is 30.2 Å². The molecule has 1 fully saturated rings. The Hall–Kier alpha value is -3.94. The van der Waals surface area contributed by atoms with E-state index in [9.17, 15) is 9.59 Å². The Balaban J connectivity index is 1.33. The quantitative estimate of drug-likeness (QED) is 0.568. The van der Waals surface area contributed by atoms with E-state index in [1.807, 2.05) is 36.4 Å². The van der Waals surface area contributed by atoms with Gasteiger partial charge >= 0.3 is 0 Å². The average Bonchev–Trinajstić information content (AvgIpc) is 2.84. The molecule has 2 aromatic carbocycles. The van der Waals surface area contributed by atoms with E-state index >= 15 is 0 Å². The van der Waals surface area contributed by atoms with Crippen LogP contribution >= 0.6 is 0 Å². The molecule has 2 heterocycles. The SMILES string of the molecule is CC(=O)Nc1ccc(OCC(=O)Nc2cccc(-c3ccc(N4CCCCC4)nn3)c2)cc1. The number of rotatable bonds is 7. The summed E-state index contributed by atoms with van der Waals surface area (Å²) in [7, 11) is 0. The summed E-state index contributed by atoms with van der Waals surface area (Å²) in [5.41, 5.74) is 2.95. The van der Waals surface area contributed by atoms with E-state index in [1.165, 1.54) is 26.2 Å². The van der Waals surface area contributed by atoms with Gasteiger partial charge in [-0.1, -0.05) is 12.1 Å². The smallest absolute Gasteiger partial charge is 0.262 e. The van der Waals surface area contributed by atoms with Crippen molar-refractivity contribution < 1.29 is 14.3 Å². The number of aromatic nitrogens is 2. The van der Waals surface area contributed by atoms with Crippen LogP contribution in [-0.4, -0.2) is 41.7 Å². The highest BCUT2D eigenvalue weighted by molar-refractivity contribution is 5.92. The average molecular weight is 446 g/mol. The summed E-state index contributed by atoms with van der Waals surface area (Å²) in [5, 5.41) is 14.3. The Bertz CT molecular complexity index is 1090. The highest BCUT2D eigenvalue weighted by Crippen LogP contribution is 2.23. The minimum absolute atomic E-state index is 0.131. The Morgan fingerprint density at radius 2 is 1.70 bits per heavy atom. The molecular weight excluding hydrogens is 418 g/mol. The molecule has 8 nitrogen and oxygen atoms in total. The first-order valence-corrected chi connectivity index (χ1v) is 11.1. The minimum atomic E-state index is -0.274. The van der Waals surface area contributed by atoms with Crippen molar-refractivity contribution >= 4 is 29.0 Å². The molecule has 4 rings (SSSR count). The molecule has 0 bridgehead atoms. The van der Waals surface area contributed by atoms with Crippen LogP contribution < -0.4 is 20.3 Å². The highest BCUT2D eigenvalue weighted by Gasteiger charge is 2.13. The number of ether oxygens (including phenoxy) is 1. The van der Waals surface area contributed by atoms with E-state index in [-0.39, 0.29) is 18.4 Å². The van der Waals surface area contributed by atoms with Crippen molar-refractivity contribution in [1.82, 2.24) is 10.2 Å². The molecule has 1 aromatic heterocycles. The molecule has 2 amide bonds. The molecule has 1 saturated heterocycles. The maximum atomic E-state index is 12.3. The fourth-order valence-corrected chi connectivity index (χ4v) is 3.71. The monoisotopic (exact) mass is 445 g/mol. The Labute approximate surface area is 193 Å². The normalized spacial score (nSPS) is 13.3. The summed E-state index contributed by atoms with van der Waals surface area (Å²) in [6.07, 6.45) is 3.66. The maximum absolute atomic E-state index is 12.3. The van der Waals surface area contributed by atoms with Gasteiger partial charge in [-0.25, -0.2) is 0 Å². The van der Waals surface area contributed by atoms with Crippen molar-refractivity contribution in [3.8, 4) is 17.0 Å². The standard InChI is InChI=1S/C25H27N5O3/c1-18(31)26-20-8-10-22(11-9-20)33-17-25(32)27-21-7-5-6-19(16-21)23-12-13-24(29-28-23)30-14-3-2-4-15-30/h5-13,16H,2-4,14-15,17H2,1H3,(H,26,31)(H,27,32). The molecule has 0 radical (unpaired) electrons. The molecule has 2 N–H and O–H groups in total. The molecule has 0 saturated carbocycles. The van der Waals surface area contributed by atoms with Crippen molar-refractivity contribution in [3.05, 3.63) is 60.7 Å². The van der Waals surface area contributed by atoms with Crippen LogP contribution in [0, 0.1) is 0 Å². The van der Waals surface area contributed by atoms with Crippen LogP contribution in [0.2, 0.25) is 0 Å². The van der Waals surface area contributed by atoms with Crippen LogP contribution in [0.3, 0.4) is 0 Å². The number of carbonyl (C=O) groups excluding carboxylic acids is 2. The predicted molar refractivity (Wildman–Crippen MR) is 128 cm³/mol. The molecule has 3 aromatic rings. The summed E-state index contributed by atoms with van der Waals surface area (Å²) < 4.78 is 5.53. The highest BCUT2D eigenvalue weighted by atomic mass is 16.5. The summed E-state index contributed by atoms with van der Waals surface area (Å²) in [6, 6.07) is 18.3. The molecule has 33 heavy (non-hydrogen) atoms. The summed E-state index contributed by atoms with van der Waals surface area (Å²) in [5.74, 6) is 1.03. The first kappa shape index (κ1) is 22.3. The van der Waals surface area contributed by atoms with Gasteiger partial charge in [0.2, 0.25) is 5.91 Å². The van der Waals surface area contributed by atoms with Gasteiger partial charge < -0.3 is 20.3 Å². The second-order valence-corrected chi connectivity index (χ2v) is 7.95. The van der Waals surface area contributed by atoms with Crippen molar-refractivity contribution in [1.29, 1.82) is 0 Å². The molecule has 0 atom stereocenters. The minimum Gasteiger partial charge on any atom is -0.484 e. The van der Waals surface area contributed by atoms with Gasteiger partial charge in [-0.15, -0.1) is 10.2 Å². The maximum Gasteiger partial charge on any atom is 0.262 e. The van der Waals surface area contributed by atoms with E-state index < -0.39 is 0 Å². The molecule has 170 valence electrons. The summed E-state index contributed by atoms with van der Waals surface area (Å²) in [6.45, 7) is 3.36. The largest absolute Gasteiger partial charge is 0.484 e. The van der Waals surface area contributed by atoms with E-state index in [2.05, 4.69) is 25.7 Å². The lowest BCUT2D eigenvalue weighted by Gasteiger charge is -2.27. The number of benzene rings is 2. The molecule has 1 aliphatic rings. The van der Waals surface area contributed by atoms with Crippen LogP contribution in [0.5, 0.6) is 5.75 Å². The predicted octanol–water partition coefficient (Wildman–Crippen LogP) is 4.11. The van der Waals surface area contributed by atoms with Gasteiger partial charge in [0, 0.05) is 37.0 Å². The third-order valence-corrected chi connectivity index (χ3v) is 5.32. The van der Waals surface area contributed by atoms with E-state index in [0.29, 0.717) is 17.1 Å². The first-order valence-electron chi connectivity index (χ1n) is 11.1. The van der Waals surface area contributed by atoms with Gasteiger partial charge in [-0.3, -0.25) is 9.59 Å². The number of anilines is 3. The van der Waals surface area contributed by atoms with Crippen molar-refractivity contribution in [2.75, 3.05) is 35.2 Å². The van der Waals surface area contributed by atoms with Crippen molar-refractivity contribution in [2.24, 2.45) is 0 Å². The zero-order valence-corrected chi connectivity index (χ0v) is 18.6. The van der Waals surface area contributed by atoms with Crippen LogP contribution in [0.4, 0.5) is 17.2 Å². The summed E-state index contributed by atoms with van der Waals surface area (Å²) in [4.78, 5) is 25.7. The lowest BCUT2D eigenvalue weighted by molar-refractivity contribution is -0.118. The van der Waals surface area contributed by atoms with Gasteiger partial charge in [0.15, 0.2) is 12.4 Å². The zero-order chi connectivity index (χ0) is 23.0. The lowest BCUT2D eigenvalue weighted by Crippen LogP contribution is -2.30. The van der Waals surface area contributed by atoms with Gasteiger partial charge in [0.1, 0.15) is 5.75 Å². The Kier molecular flexibility index (Phi) is 7.14. The van der Waals surface area contributed by atoms with Gasteiger partial charge in [-0.2, -0.15) is 0 Å².